The van der Waals surface area contributed by atoms with Crippen molar-refractivity contribution in [3.63, 3.8) is 0 Å². The topological polar surface area (TPSA) is 55.1 Å². The van der Waals surface area contributed by atoms with Gasteiger partial charge in [0.1, 0.15) is 5.54 Å². The van der Waals surface area contributed by atoms with Gasteiger partial charge in [-0.3, -0.25) is 4.57 Å². The second-order valence-corrected chi connectivity index (χ2v) is 9.69. The summed E-state index contributed by atoms with van der Waals surface area (Å²) in [6, 6.07) is 30.6. The monoisotopic (exact) mass is 402 g/mol. The molecule has 0 aliphatic heterocycles. The molecule has 5 heteroatoms. The molecule has 1 heterocycles. The molecule has 29 heavy (non-hydrogen) atoms. The molecule has 146 valence electrons. The molecule has 0 saturated heterocycles. The molecular formula is C24H23N2O2P. The SMILES string of the molecule is CP(=O)(O)Cc1cncn1C(c1ccccc1)(c1ccccc1)c1ccccc1. The summed E-state index contributed by atoms with van der Waals surface area (Å²) in [5, 5.41) is 0. The molecule has 0 saturated carbocycles. The molecule has 0 aliphatic rings. The number of aromatic nitrogens is 2. The van der Waals surface area contributed by atoms with E-state index in [-0.39, 0.29) is 6.16 Å². The van der Waals surface area contributed by atoms with E-state index in [1.54, 1.807) is 12.5 Å². The summed E-state index contributed by atoms with van der Waals surface area (Å²) >= 11 is 0. The fraction of sp³-hybridized carbons (Fsp3) is 0.125. The van der Waals surface area contributed by atoms with Crippen molar-refractivity contribution in [3.05, 3.63) is 126 Å². The normalized spacial score (nSPS) is 13.7. The Labute approximate surface area is 171 Å². The predicted molar refractivity (Wildman–Crippen MR) is 116 cm³/mol. The highest BCUT2D eigenvalue weighted by Gasteiger charge is 2.39. The zero-order valence-electron chi connectivity index (χ0n) is 16.2. The van der Waals surface area contributed by atoms with Crippen LogP contribution in [0.15, 0.2) is 104 Å². The minimum atomic E-state index is -3.29. The summed E-state index contributed by atoms with van der Waals surface area (Å²) in [6.45, 7) is 1.39. The third-order valence-electron chi connectivity index (χ3n) is 5.11. The van der Waals surface area contributed by atoms with Gasteiger partial charge in [-0.2, -0.15) is 0 Å². The number of hydrogen-bond acceptors (Lipinski definition) is 2. The molecule has 0 spiro atoms. The average molecular weight is 402 g/mol. The summed E-state index contributed by atoms with van der Waals surface area (Å²) < 4.78 is 14.3. The number of rotatable bonds is 6. The Kier molecular flexibility index (Phi) is 5.23. The second-order valence-electron chi connectivity index (χ2n) is 7.27. The zero-order valence-corrected chi connectivity index (χ0v) is 17.1. The first-order valence-electron chi connectivity index (χ1n) is 9.49. The predicted octanol–water partition coefficient (Wildman–Crippen LogP) is 5.12. The molecule has 0 aliphatic carbocycles. The van der Waals surface area contributed by atoms with Gasteiger partial charge < -0.3 is 9.46 Å². The van der Waals surface area contributed by atoms with E-state index in [0.29, 0.717) is 0 Å². The van der Waals surface area contributed by atoms with Gasteiger partial charge in [-0.05, 0) is 16.7 Å². The second kappa shape index (κ2) is 7.82. The molecule has 1 aromatic heterocycles. The number of imidazole rings is 1. The van der Waals surface area contributed by atoms with E-state index in [1.807, 2.05) is 59.2 Å². The fourth-order valence-electron chi connectivity index (χ4n) is 4.00. The maximum atomic E-state index is 12.3. The van der Waals surface area contributed by atoms with Gasteiger partial charge >= 0.3 is 0 Å². The standard InChI is InChI=1S/C24H23N2O2P/c1-29(27,28)18-23-17-25-19-26(23)24(20-11-5-2-6-12-20,21-13-7-3-8-14-21)22-15-9-4-10-16-22/h2-17,19H,18H2,1H3,(H,27,28). The smallest absolute Gasteiger partial charge is 0.203 e. The number of nitrogens with zero attached hydrogens (tertiary/aromatic N) is 2. The van der Waals surface area contributed by atoms with Crippen LogP contribution in [0.1, 0.15) is 22.4 Å². The van der Waals surface area contributed by atoms with Crippen molar-refractivity contribution in [2.75, 3.05) is 6.66 Å². The highest BCUT2D eigenvalue weighted by Crippen LogP contribution is 2.45. The van der Waals surface area contributed by atoms with Crippen LogP contribution in [0.5, 0.6) is 0 Å². The van der Waals surface area contributed by atoms with Gasteiger partial charge in [0.2, 0.25) is 7.37 Å². The number of hydrogen-bond donors (Lipinski definition) is 1. The van der Waals surface area contributed by atoms with Crippen molar-refractivity contribution in [1.29, 1.82) is 0 Å². The van der Waals surface area contributed by atoms with E-state index in [1.165, 1.54) is 6.66 Å². The highest BCUT2D eigenvalue weighted by molar-refractivity contribution is 7.56. The van der Waals surface area contributed by atoms with Crippen molar-refractivity contribution < 1.29 is 9.46 Å². The Morgan fingerprint density at radius 1 is 0.828 bits per heavy atom. The summed E-state index contributed by atoms with van der Waals surface area (Å²) in [4.78, 5) is 14.5. The van der Waals surface area contributed by atoms with Gasteiger partial charge in [0.25, 0.3) is 0 Å². The molecule has 4 aromatic rings. The maximum absolute atomic E-state index is 12.3. The molecule has 0 amide bonds. The van der Waals surface area contributed by atoms with Gasteiger partial charge in [-0.1, -0.05) is 91.0 Å². The van der Waals surface area contributed by atoms with Crippen molar-refractivity contribution in [3.8, 4) is 0 Å². The van der Waals surface area contributed by atoms with Crippen LogP contribution in [-0.2, 0) is 16.3 Å². The van der Waals surface area contributed by atoms with Gasteiger partial charge in [0, 0.05) is 18.6 Å². The first kappa shape index (κ1) is 19.4. The lowest BCUT2D eigenvalue weighted by Crippen LogP contribution is -2.38. The summed E-state index contributed by atoms with van der Waals surface area (Å²) in [7, 11) is -3.29. The van der Waals surface area contributed by atoms with Gasteiger partial charge in [-0.25, -0.2) is 4.98 Å². The van der Waals surface area contributed by atoms with Crippen LogP contribution in [0.2, 0.25) is 0 Å². The van der Waals surface area contributed by atoms with E-state index in [9.17, 15) is 9.46 Å². The Balaban J connectivity index is 2.11. The van der Waals surface area contributed by atoms with Crippen LogP contribution in [-0.4, -0.2) is 21.1 Å². The zero-order chi connectivity index (χ0) is 20.3. The maximum Gasteiger partial charge on any atom is 0.203 e. The molecule has 0 fully saturated rings. The Morgan fingerprint density at radius 3 is 1.62 bits per heavy atom. The van der Waals surface area contributed by atoms with Crippen LogP contribution in [0, 0.1) is 0 Å². The first-order chi connectivity index (χ1) is 14.0. The molecule has 4 rings (SSSR count). The van der Waals surface area contributed by atoms with Crippen molar-refractivity contribution in [2.24, 2.45) is 0 Å². The first-order valence-corrected chi connectivity index (χ1v) is 11.8. The largest absolute Gasteiger partial charge is 0.344 e. The third kappa shape index (κ3) is 3.69. The third-order valence-corrected chi connectivity index (χ3v) is 6.02. The molecule has 1 atom stereocenters. The Bertz CT molecular complexity index is 1020. The van der Waals surface area contributed by atoms with Gasteiger partial charge in [0.05, 0.1) is 12.5 Å². The van der Waals surface area contributed by atoms with Crippen LogP contribution < -0.4 is 0 Å². The molecule has 1 unspecified atom stereocenters. The lowest BCUT2D eigenvalue weighted by Gasteiger charge is -2.38. The lowest BCUT2D eigenvalue weighted by molar-refractivity contribution is 0.472. The molecular weight excluding hydrogens is 379 g/mol. The van der Waals surface area contributed by atoms with E-state index in [0.717, 1.165) is 22.4 Å². The molecule has 0 bridgehead atoms. The quantitative estimate of drug-likeness (QED) is 0.360. The van der Waals surface area contributed by atoms with Crippen molar-refractivity contribution >= 4 is 7.37 Å². The van der Waals surface area contributed by atoms with E-state index < -0.39 is 12.9 Å². The van der Waals surface area contributed by atoms with Crippen LogP contribution in [0.4, 0.5) is 0 Å². The van der Waals surface area contributed by atoms with Crippen LogP contribution in [0.25, 0.3) is 0 Å². The summed E-state index contributed by atoms with van der Waals surface area (Å²) in [6.07, 6.45) is 3.51. The van der Waals surface area contributed by atoms with Gasteiger partial charge in [0.15, 0.2) is 0 Å². The minimum absolute atomic E-state index is 0.0568. The Morgan fingerprint density at radius 2 is 1.24 bits per heavy atom. The van der Waals surface area contributed by atoms with Crippen LogP contribution >= 0.6 is 7.37 Å². The van der Waals surface area contributed by atoms with Crippen molar-refractivity contribution in [2.45, 2.75) is 11.7 Å². The molecule has 1 N–H and O–H groups in total. The van der Waals surface area contributed by atoms with Crippen molar-refractivity contribution in [1.82, 2.24) is 9.55 Å². The van der Waals surface area contributed by atoms with E-state index in [2.05, 4.69) is 41.4 Å². The van der Waals surface area contributed by atoms with E-state index >= 15 is 0 Å². The summed E-state index contributed by atoms with van der Waals surface area (Å²) in [5.41, 5.74) is 3.17. The molecule has 3 aromatic carbocycles. The average Bonchev–Trinajstić information content (AvgIpc) is 3.18. The van der Waals surface area contributed by atoms with Crippen LogP contribution in [0.3, 0.4) is 0 Å². The lowest BCUT2D eigenvalue weighted by atomic mass is 9.76. The fourth-order valence-corrected chi connectivity index (χ4v) is 4.83. The Hall–Kier alpha value is -2.94. The van der Waals surface area contributed by atoms with E-state index in [4.69, 9.17) is 0 Å². The molecule has 0 radical (unpaired) electrons. The van der Waals surface area contributed by atoms with Gasteiger partial charge in [-0.15, -0.1) is 0 Å². The minimum Gasteiger partial charge on any atom is -0.344 e. The number of benzene rings is 3. The molecule has 4 nitrogen and oxygen atoms in total. The highest BCUT2D eigenvalue weighted by atomic mass is 31.2. The summed E-state index contributed by atoms with van der Waals surface area (Å²) in [5.74, 6) is 0.